The maximum Gasteiger partial charge on any atom is 0.397 e. The van der Waals surface area contributed by atoms with E-state index < -0.39 is 10.4 Å². The summed E-state index contributed by atoms with van der Waals surface area (Å²) in [6, 6.07) is 0. The molecule has 0 spiro atoms. The van der Waals surface area contributed by atoms with E-state index in [1.165, 1.54) is 148 Å². The zero-order valence-corrected chi connectivity index (χ0v) is 26.1. The van der Waals surface area contributed by atoms with Crippen LogP contribution in [0.1, 0.15) is 170 Å². The van der Waals surface area contributed by atoms with Gasteiger partial charge < -0.3 is 0 Å². The fourth-order valence-electron chi connectivity index (χ4n) is 4.51. The van der Waals surface area contributed by atoms with E-state index in [0.29, 0.717) is 5.54 Å². The minimum atomic E-state index is -4.17. The molecule has 0 aliphatic heterocycles. The van der Waals surface area contributed by atoms with Gasteiger partial charge >= 0.3 is 10.4 Å². The first kappa shape index (κ1) is 38.0. The van der Waals surface area contributed by atoms with Crippen molar-refractivity contribution in [1.82, 2.24) is 4.90 Å². The molecule has 0 aromatic carbocycles. The Labute approximate surface area is 227 Å². The zero-order chi connectivity index (χ0) is 27.5. The fourth-order valence-corrected chi connectivity index (χ4v) is 4.81. The molecule has 220 valence electrons. The van der Waals surface area contributed by atoms with Gasteiger partial charge in [-0.1, -0.05) is 129 Å². The topological polar surface area (TPSA) is 66.8 Å². The number of unbranched alkanes of at least 4 members (excludes halogenated alkanes) is 18. The highest BCUT2D eigenvalue weighted by Gasteiger charge is 2.19. The lowest BCUT2D eigenvalue weighted by atomic mass is 10.0. The molecule has 0 heterocycles. The molecule has 0 unspecified atom stereocenters. The van der Waals surface area contributed by atoms with Crippen LogP contribution < -0.4 is 0 Å². The number of nitrogens with zero attached hydrogens (tertiary/aromatic N) is 1. The van der Waals surface area contributed by atoms with E-state index in [2.05, 4.69) is 43.7 Å². The Bertz CT molecular complexity index is 508. The monoisotopic (exact) mass is 535 g/mol. The molecule has 0 aliphatic rings. The molecular weight excluding hydrogens is 470 g/mol. The lowest BCUT2D eigenvalue weighted by Crippen LogP contribution is -2.42. The first-order valence-corrected chi connectivity index (χ1v) is 16.8. The Hall–Kier alpha value is -0.170. The summed E-state index contributed by atoms with van der Waals surface area (Å²) in [4.78, 5) is 2.75. The average molecular weight is 536 g/mol. The van der Waals surface area contributed by atoms with Crippen LogP contribution in [-0.2, 0) is 14.6 Å². The van der Waals surface area contributed by atoms with Gasteiger partial charge in [0.2, 0.25) is 0 Å². The molecule has 1 N–H and O–H groups in total. The minimum absolute atomic E-state index is 0.0289. The van der Waals surface area contributed by atoms with Crippen molar-refractivity contribution in [3.05, 3.63) is 0 Å². The maximum atomic E-state index is 9.56. The van der Waals surface area contributed by atoms with Crippen LogP contribution in [0, 0.1) is 0 Å². The van der Waals surface area contributed by atoms with Gasteiger partial charge in [0.25, 0.3) is 0 Å². The van der Waals surface area contributed by atoms with Crippen molar-refractivity contribution in [3.63, 3.8) is 0 Å². The van der Waals surface area contributed by atoms with Crippen molar-refractivity contribution < 1.29 is 17.2 Å². The van der Waals surface area contributed by atoms with Gasteiger partial charge in [-0.05, 0) is 53.6 Å². The van der Waals surface area contributed by atoms with Gasteiger partial charge in [-0.3, -0.25) is 9.45 Å². The zero-order valence-electron chi connectivity index (χ0n) is 25.3. The molecule has 0 saturated heterocycles. The van der Waals surface area contributed by atoms with Gasteiger partial charge in [0.15, 0.2) is 0 Å². The van der Waals surface area contributed by atoms with Crippen LogP contribution >= 0.6 is 0 Å². The van der Waals surface area contributed by atoms with Crippen LogP contribution in [0.25, 0.3) is 0 Å². The molecule has 6 heteroatoms. The molecular formula is C30H65NO4S. The van der Waals surface area contributed by atoms with E-state index in [4.69, 9.17) is 4.55 Å². The molecule has 0 aromatic rings. The Kier molecular flexibility index (Phi) is 27.9. The third-order valence-corrected chi connectivity index (χ3v) is 7.31. The normalized spacial score (nSPS) is 12.1. The molecule has 0 bridgehead atoms. The first-order chi connectivity index (χ1) is 17.1. The molecule has 36 heavy (non-hydrogen) atoms. The summed E-state index contributed by atoms with van der Waals surface area (Å²) in [6.45, 7) is 15.9. The van der Waals surface area contributed by atoms with Crippen molar-refractivity contribution >= 4 is 10.4 Å². The molecule has 0 saturated carbocycles. The van der Waals surface area contributed by atoms with E-state index in [-0.39, 0.29) is 6.61 Å². The lowest BCUT2D eigenvalue weighted by Gasteiger charge is -2.36. The summed E-state index contributed by atoms with van der Waals surface area (Å²) < 4.78 is 30.7. The molecule has 0 rings (SSSR count). The summed E-state index contributed by atoms with van der Waals surface area (Å²) in [5, 5.41) is 0. The molecule has 0 aromatic heterocycles. The molecule has 5 nitrogen and oxygen atoms in total. The highest BCUT2D eigenvalue weighted by Crippen LogP contribution is 2.18. The van der Waals surface area contributed by atoms with Gasteiger partial charge in [0.05, 0.1) is 6.61 Å². The average Bonchev–Trinajstić information content (AvgIpc) is 2.79. The smallest absolute Gasteiger partial charge is 0.298 e. The van der Waals surface area contributed by atoms with E-state index in [1.54, 1.807) is 0 Å². The second kappa shape index (κ2) is 26.4. The first-order valence-electron chi connectivity index (χ1n) is 15.4. The largest absolute Gasteiger partial charge is 0.397 e. The SMILES string of the molecule is CCCCCCCCCCCCN(CCCCCCCCCCCC)C(C)(C)C.CCOS(=O)(=O)O. The molecule has 0 amide bonds. The molecule has 0 atom stereocenters. The van der Waals surface area contributed by atoms with Gasteiger partial charge in [-0.2, -0.15) is 8.42 Å². The van der Waals surface area contributed by atoms with Crippen LogP contribution in [0.5, 0.6) is 0 Å². The standard InChI is InChI=1S/C28H59N.C2H6O4S/c1-6-8-10-12-14-16-18-20-22-24-26-29(28(3,4)5)27-25-23-21-19-17-15-13-11-9-7-2;1-2-6-7(3,4)5/h6-27H2,1-5H3;2H2,1H3,(H,3,4,5). The highest BCUT2D eigenvalue weighted by atomic mass is 32.3. The van der Waals surface area contributed by atoms with Crippen LogP contribution in [0.3, 0.4) is 0 Å². The second-order valence-electron chi connectivity index (χ2n) is 11.4. The Balaban J connectivity index is 0. The molecule has 0 radical (unpaired) electrons. The summed E-state index contributed by atoms with van der Waals surface area (Å²) in [7, 11) is -4.17. The second-order valence-corrected chi connectivity index (χ2v) is 12.4. The van der Waals surface area contributed by atoms with Gasteiger partial charge in [-0.25, -0.2) is 4.18 Å². The van der Waals surface area contributed by atoms with Gasteiger partial charge in [0, 0.05) is 5.54 Å². The Morgan fingerprint density at radius 1 is 0.556 bits per heavy atom. The Morgan fingerprint density at radius 2 is 0.833 bits per heavy atom. The highest BCUT2D eigenvalue weighted by molar-refractivity contribution is 7.80. The van der Waals surface area contributed by atoms with Crippen molar-refractivity contribution in [1.29, 1.82) is 0 Å². The number of rotatable bonds is 24. The van der Waals surface area contributed by atoms with Crippen LogP contribution in [0.2, 0.25) is 0 Å². The molecule has 0 aliphatic carbocycles. The van der Waals surface area contributed by atoms with Crippen molar-refractivity contribution in [2.75, 3.05) is 19.7 Å². The van der Waals surface area contributed by atoms with Gasteiger partial charge in [0.1, 0.15) is 0 Å². The van der Waals surface area contributed by atoms with Gasteiger partial charge in [-0.15, -0.1) is 0 Å². The number of hydrogen-bond acceptors (Lipinski definition) is 4. The summed E-state index contributed by atoms with van der Waals surface area (Å²) >= 11 is 0. The van der Waals surface area contributed by atoms with E-state index in [9.17, 15) is 8.42 Å². The van der Waals surface area contributed by atoms with Crippen molar-refractivity contribution in [2.24, 2.45) is 0 Å². The summed E-state index contributed by atoms with van der Waals surface area (Å²) in [5.41, 5.74) is 0.332. The number of hydrogen-bond donors (Lipinski definition) is 1. The van der Waals surface area contributed by atoms with Crippen LogP contribution in [0.15, 0.2) is 0 Å². The van der Waals surface area contributed by atoms with E-state index in [0.717, 1.165) is 0 Å². The van der Waals surface area contributed by atoms with Crippen LogP contribution in [-0.4, -0.2) is 43.1 Å². The molecule has 0 fully saturated rings. The maximum absolute atomic E-state index is 9.56. The van der Waals surface area contributed by atoms with Crippen molar-refractivity contribution in [3.8, 4) is 0 Å². The lowest BCUT2D eigenvalue weighted by molar-refractivity contribution is 0.130. The third kappa shape index (κ3) is 31.9. The Morgan fingerprint density at radius 3 is 1.03 bits per heavy atom. The summed E-state index contributed by atoms with van der Waals surface area (Å²) in [6.07, 6.45) is 28.7. The quantitative estimate of drug-likeness (QED) is 0.0984. The predicted molar refractivity (Wildman–Crippen MR) is 158 cm³/mol. The third-order valence-electron chi connectivity index (χ3n) is 6.78. The van der Waals surface area contributed by atoms with Crippen molar-refractivity contribution in [2.45, 2.75) is 175 Å². The fraction of sp³-hybridized carbons (Fsp3) is 1.00. The summed E-state index contributed by atoms with van der Waals surface area (Å²) in [5.74, 6) is 0. The van der Waals surface area contributed by atoms with E-state index in [1.807, 2.05) is 0 Å². The van der Waals surface area contributed by atoms with E-state index >= 15 is 0 Å². The minimum Gasteiger partial charge on any atom is -0.298 e. The van der Waals surface area contributed by atoms with Crippen LogP contribution in [0.4, 0.5) is 0 Å². The predicted octanol–water partition coefficient (Wildman–Crippen LogP) is 9.75.